The molecule has 152 valence electrons. The van der Waals surface area contributed by atoms with Gasteiger partial charge in [-0.05, 0) is 30.4 Å². The van der Waals surface area contributed by atoms with Gasteiger partial charge in [0.05, 0.1) is 16.3 Å². The van der Waals surface area contributed by atoms with Gasteiger partial charge in [-0.25, -0.2) is 5.48 Å². The molecular formula is C22H26ClN5O. The maximum atomic E-state index is 6.62. The Hall–Kier alpha value is -2.41. The largest absolute Gasteiger partial charge is 0.404 e. The van der Waals surface area contributed by atoms with Crippen LogP contribution in [0.4, 0.5) is 5.69 Å². The van der Waals surface area contributed by atoms with Crippen molar-refractivity contribution >= 4 is 29.1 Å². The summed E-state index contributed by atoms with van der Waals surface area (Å²) < 4.78 is 0. The molecule has 1 aromatic carbocycles. The zero-order valence-electron chi connectivity index (χ0n) is 16.6. The molecule has 4 rings (SSSR count). The lowest BCUT2D eigenvalue weighted by molar-refractivity contribution is -0.0666. The van der Waals surface area contributed by atoms with E-state index in [0.29, 0.717) is 5.02 Å². The molecule has 0 radical (unpaired) electrons. The molecular weight excluding hydrogens is 386 g/mol. The molecule has 0 unspecified atom stereocenters. The Morgan fingerprint density at radius 1 is 1.24 bits per heavy atom. The van der Waals surface area contributed by atoms with E-state index in [4.69, 9.17) is 22.2 Å². The molecule has 1 spiro atoms. The van der Waals surface area contributed by atoms with Gasteiger partial charge in [-0.1, -0.05) is 35.9 Å². The molecule has 2 saturated heterocycles. The van der Waals surface area contributed by atoms with E-state index >= 15 is 0 Å². The molecule has 2 aromatic rings. The summed E-state index contributed by atoms with van der Waals surface area (Å²) in [5, 5.41) is 0.675. The van der Waals surface area contributed by atoms with Crippen LogP contribution in [0.2, 0.25) is 5.02 Å². The van der Waals surface area contributed by atoms with E-state index in [0.717, 1.165) is 66.8 Å². The number of aliphatic imine (C=N–C) groups is 1. The molecule has 0 atom stereocenters. The Morgan fingerprint density at radius 2 is 2.00 bits per heavy atom. The Kier molecular flexibility index (Phi) is 5.85. The number of nitrogens with two attached hydrogens (primary N) is 1. The number of nitrogens with zero attached hydrogens (tertiary/aromatic N) is 3. The third-order valence-corrected chi connectivity index (χ3v) is 6.09. The maximum Gasteiger partial charge on any atom is 0.0943 e. The maximum absolute atomic E-state index is 6.62. The minimum absolute atomic E-state index is 0.0242. The normalized spacial score (nSPS) is 19.4. The number of hydrogen-bond donors (Lipinski definition) is 2. The predicted octanol–water partition coefficient (Wildman–Crippen LogP) is 3.67. The lowest BCUT2D eigenvalue weighted by atomic mass is 9.88. The Balaban J connectivity index is 1.62. The highest BCUT2D eigenvalue weighted by Crippen LogP contribution is 2.40. The number of anilines is 1. The summed E-state index contributed by atoms with van der Waals surface area (Å²) in [6, 6.07) is 8.25. The molecule has 2 aliphatic heterocycles. The highest BCUT2D eigenvalue weighted by atomic mass is 35.5. The first kappa shape index (κ1) is 19.9. The van der Waals surface area contributed by atoms with Crippen molar-refractivity contribution in [3.63, 3.8) is 0 Å². The van der Waals surface area contributed by atoms with Crippen molar-refractivity contribution in [2.24, 2.45) is 10.7 Å². The number of hydroxylamine groups is 1. The Bertz CT molecular complexity index is 909. The quantitative estimate of drug-likeness (QED) is 0.751. The number of halogens is 1. The SMILES string of the molecule is CN=CC(=CN)c1ccc(-c2cncc(Cl)c2N2CCC3(CCNO3)CC2)cc1. The second-order valence-corrected chi connectivity index (χ2v) is 7.93. The van der Waals surface area contributed by atoms with Crippen LogP contribution in [0.25, 0.3) is 16.7 Å². The van der Waals surface area contributed by atoms with Gasteiger partial charge in [0.25, 0.3) is 0 Å². The first-order chi connectivity index (χ1) is 14.2. The highest BCUT2D eigenvalue weighted by Gasteiger charge is 2.39. The van der Waals surface area contributed by atoms with Crippen LogP contribution < -0.4 is 16.1 Å². The standard InChI is InChI=1S/C22H26ClN5O/c1-25-13-18(12-24)16-2-4-17(5-3-16)19-14-26-15-20(23)21(19)28-10-7-22(8-11-28)6-9-27-29-22/h2-5,12-15,27H,6-11,24H2,1H3. The molecule has 0 bridgehead atoms. The average Bonchev–Trinajstić information content (AvgIpc) is 3.21. The predicted molar refractivity (Wildman–Crippen MR) is 119 cm³/mol. The van der Waals surface area contributed by atoms with E-state index in [1.54, 1.807) is 25.7 Å². The van der Waals surface area contributed by atoms with Gasteiger partial charge in [0, 0.05) is 62.6 Å². The summed E-state index contributed by atoms with van der Waals surface area (Å²) in [4.78, 5) is 16.6. The molecule has 3 N–H and O–H groups in total. The van der Waals surface area contributed by atoms with Gasteiger partial charge in [0.2, 0.25) is 0 Å². The third-order valence-electron chi connectivity index (χ3n) is 5.81. The number of pyridine rings is 1. The molecule has 0 saturated carbocycles. The van der Waals surface area contributed by atoms with E-state index in [1.165, 1.54) is 0 Å². The summed E-state index contributed by atoms with van der Waals surface area (Å²) >= 11 is 6.62. The molecule has 7 heteroatoms. The number of benzene rings is 1. The molecule has 2 aliphatic rings. The fraction of sp³-hybridized carbons (Fsp3) is 0.364. The number of rotatable bonds is 4. The van der Waals surface area contributed by atoms with Crippen LogP contribution in [0.3, 0.4) is 0 Å². The smallest absolute Gasteiger partial charge is 0.0943 e. The summed E-state index contributed by atoms with van der Waals surface area (Å²) in [6.45, 7) is 2.74. The van der Waals surface area contributed by atoms with Gasteiger partial charge in [-0.15, -0.1) is 0 Å². The van der Waals surface area contributed by atoms with Gasteiger partial charge in [0.15, 0.2) is 0 Å². The van der Waals surface area contributed by atoms with E-state index < -0.39 is 0 Å². The molecule has 3 heterocycles. The number of aromatic nitrogens is 1. The summed E-state index contributed by atoms with van der Waals surface area (Å²) in [5.41, 5.74) is 13.8. The first-order valence-electron chi connectivity index (χ1n) is 9.90. The van der Waals surface area contributed by atoms with Crippen molar-refractivity contribution in [1.29, 1.82) is 0 Å². The van der Waals surface area contributed by atoms with Crippen LogP contribution in [-0.2, 0) is 4.84 Å². The topological polar surface area (TPSA) is 75.8 Å². The van der Waals surface area contributed by atoms with Crippen molar-refractivity contribution < 1.29 is 4.84 Å². The van der Waals surface area contributed by atoms with Crippen LogP contribution >= 0.6 is 11.6 Å². The van der Waals surface area contributed by atoms with Gasteiger partial charge in [-0.2, -0.15) is 0 Å². The highest BCUT2D eigenvalue weighted by molar-refractivity contribution is 6.33. The van der Waals surface area contributed by atoms with Crippen molar-refractivity contribution in [3.8, 4) is 11.1 Å². The fourth-order valence-electron chi connectivity index (χ4n) is 4.18. The van der Waals surface area contributed by atoms with E-state index in [2.05, 4.69) is 32.5 Å². The second kappa shape index (κ2) is 8.53. The number of piperidine rings is 1. The van der Waals surface area contributed by atoms with Gasteiger partial charge >= 0.3 is 0 Å². The van der Waals surface area contributed by atoms with Crippen LogP contribution in [0.15, 0.2) is 47.9 Å². The van der Waals surface area contributed by atoms with E-state index in [1.807, 2.05) is 18.3 Å². The minimum Gasteiger partial charge on any atom is -0.404 e. The number of nitrogens with one attached hydrogen (secondary N) is 1. The van der Waals surface area contributed by atoms with E-state index in [-0.39, 0.29) is 5.60 Å². The van der Waals surface area contributed by atoms with Crippen molar-refractivity contribution in [2.45, 2.75) is 24.9 Å². The molecule has 29 heavy (non-hydrogen) atoms. The number of allylic oxidation sites excluding steroid dienone is 1. The molecule has 0 amide bonds. The van der Waals surface area contributed by atoms with Crippen LogP contribution in [-0.4, -0.2) is 43.5 Å². The summed E-state index contributed by atoms with van der Waals surface area (Å²) in [7, 11) is 1.73. The lowest BCUT2D eigenvalue weighted by Gasteiger charge is -2.39. The molecule has 2 fully saturated rings. The lowest BCUT2D eigenvalue weighted by Crippen LogP contribution is -2.45. The third kappa shape index (κ3) is 4.01. The van der Waals surface area contributed by atoms with Crippen molar-refractivity contribution in [2.75, 3.05) is 31.6 Å². The van der Waals surface area contributed by atoms with Crippen LogP contribution in [0, 0.1) is 0 Å². The fourth-order valence-corrected chi connectivity index (χ4v) is 4.46. The number of hydrogen-bond acceptors (Lipinski definition) is 6. The summed E-state index contributed by atoms with van der Waals surface area (Å²) in [5.74, 6) is 0. The van der Waals surface area contributed by atoms with Gasteiger partial charge in [0.1, 0.15) is 0 Å². The van der Waals surface area contributed by atoms with Crippen LogP contribution in [0.5, 0.6) is 0 Å². The van der Waals surface area contributed by atoms with Crippen molar-refractivity contribution in [1.82, 2.24) is 10.5 Å². The molecule has 6 nitrogen and oxygen atoms in total. The summed E-state index contributed by atoms with van der Waals surface area (Å²) in [6.07, 6.45) is 9.97. The Labute approximate surface area is 176 Å². The first-order valence-corrected chi connectivity index (χ1v) is 10.3. The average molecular weight is 412 g/mol. The zero-order chi connectivity index (χ0) is 20.3. The minimum atomic E-state index is -0.0242. The zero-order valence-corrected chi connectivity index (χ0v) is 17.3. The van der Waals surface area contributed by atoms with Crippen molar-refractivity contribution in [3.05, 3.63) is 53.4 Å². The monoisotopic (exact) mass is 411 g/mol. The second-order valence-electron chi connectivity index (χ2n) is 7.52. The molecule has 0 aliphatic carbocycles. The Morgan fingerprint density at radius 3 is 2.62 bits per heavy atom. The van der Waals surface area contributed by atoms with Gasteiger partial charge < -0.3 is 10.6 Å². The van der Waals surface area contributed by atoms with E-state index in [9.17, 15) is 0 Å². The molecule has 1 aromatic heterocycles. The van der Waals surface area contributed by atoms with Gasteiger partial charge in [-0.3, -0.25) is 14.8 Å². The van der Waals surface area contributed by atoms with Crippen LogP contribution in [0.1, 0.15) is 24.8 Å².